The Hall–Kier alpha value is -4.40. The highest BCUT2D eigenvalue weighted by Gasteiger charge is 2.27. The predicted octanol–water partition coefficient (Wildman–Crippen LogP) is 4.69. The molecule has 3 amide bonds. The van der Waals surface area contributed by atoms with Crippen LogP contribution >= 0.6 is 0 Å². The third-order valence-electron chi connectivity index (χ3n) is 6.22. The molecule has 5 rings (SSSR count). The van der Waals surface area contributed by atoms with Gasteiger partial charge in [-0.3, -0.25) is 14.9 Å². The van der Waals surface area contributed by atoms with Gasteiger partial charge >= 0.3 is 6.03 Å². The standard InChI is InChI=1S/C26H25N5O4/c32-25(27-19-5-6-19)23-15-21(29-26(33)28-20-7-10-22(11-8-20)31(34)35)9-12-24(23)30-14-13-17-3-1-2-4-18(17)16-30/h1-4,7-12,15,19H,5-6,13-14,16H2,(H,27,32)(H2,28,29,33). The molecule has 178 valence electrons. The Morgan fingerprint density at radius 3 is 2.31 bits per heavy atom. The van der Waals surface area contributed by atoms with E-state index in [1.54, 1.807) is 12.1 Å². The highest BCUT2D eigenvalue weighted by Crippen LogP contribution is 2.30. The average molecular weight is 472 g/mol. The second-order valence-corrected chi connectivity index (χ2v) is 8.80. The Morgan fingerprint density at radius 2 is 1.60 bits per heavy atom. The van der Waals surface area contributed by atoms with Gasteiger partial charge in [-0.25, -0.2) is 4.79 Å². The first-order chi connectivity index (χ1) is 17.0. The van der Waals surface area contributed by atoms with E-state index in [9.17, 15) is 19.7 Å². The lowest BCUT2D eigenvalue weighted by Crippen LogP contribution is -2.33. The van der Waals surface area contributed by atoms with Crippen LogP contribution in [0.3, 0.4) is 0 Å². The zero-order valence-electron chi connectivity index (χ0n) is 19.0. The summed E-state index contributed by atoms with van der Waals surface area (Å²) in [6.07, 6.45) is 2.86. The summed E-state index contributed by atoms with van der Waals surface area (Å²) in [5.41, 5.74) is 4.77. The van der Waals surface area contributed by atoms with Crippen molar-refractivity contribution in [3.63, 3.8) is 0 Å². The number of carbonyl (C=O) groups excluding carboxylic acids is 2. The number of carbonyl (C=O) groups is 2. The van der Waals surface area contributed by atoms with Crippen LogP contribution in [0.15, 0.2) is 66.7 Å². The fraction of sp³-hybridized carbons (Fsp3) is 0.231. The van der Waals surface area contributed by atoms with Crippen LogP contribution in [-0.4, -0.2) is 29.4 Å². The SMILES string of the molecule is O=C(Nc1ccc([N+](=O)[O-])cc1)Nc1ccc(N2CCc3ccccc3C2)c(C(=O)NC2CC2)c1. The van der Waals surface area contributed by atoms with E-state index < -0.39 is 11.0 Å². The van der Waals surface area contributed by atoms with Gasteiger partial charge in [0.15, 0.2) is 0 Å². The van der Waals surface area contributed by atoms with E-state index in [2.05, 4.69) is 33.0 Å². The van der Waals surface area contributed by atoms with Gasteiger partial charge in [0.1, 0.15) is 0 Å². The molecule has 0 spiro atoms. The zero-order valence-corrected chi connectivity index (χ0v) is 19.0. The quantitative estimate of drug-likeness (QED) is 0.356. The van der Waals surface area contributed by atoms with Gasteiger partial charge in [-0.15, -0.1) is 0 Å². The summed E-state index contributed by atoms with van der Waals surface area (Å²) in [6.45, 7) is 1.52. The van der Waals surface area contributed by atoms with Gasteiger partial charge in [-0.2, -0.15) is 0 Å². The van der Waals surface area contributed by atoms with Crippen molar-refractivity contribution >= 4 is 34.7 Å². The molecule has 0 atom stereocenters. The van der Waals surface area contributed by atoms with Crippen molar-refractivity contribution in [2.45, 2.75) is 31.8 Å². The molecule has 1 aliphatic carbocycles. The highest BCUT2D eigenvalue weighted by atomic mass is 16.6. The van der Waals surface area contributed by atoms with Crippen molar-refractivity contribution in [1.82, 2.24) is 5.32 Å². The van der Waals surface area contributed by atoms with Crippen molar-refractivity contribution in [2.75, 3.05) is 22.1 Å². The molecule has 35 heavy (non-hydrogen) atoms. The molecule has 3 aromatic rings. The Kier molecular flexibility index (Phi) is 6.05. The molecule has 0 unspecified atom stereocenters. The van der Waals surface area contributed by atoms with Gasteiger partial charge in [0.2, 0.25) is 0 Å². The number of anilines is 3. The van der Waals surface area contributed by atoms with E-state index >= 15 is 0 Å². The van der Waals surface area contributed by atoms with Crippen LogP contribution in [0.2, 0.25) is 0 Å². The molecule has 9 nitrogen and oxygen atoms in total. The van der Waals surface area contributed by atoms with E-state index in [1.807, 2.05) is 18.2 Å². The molecule has 0 radical (unpaired) electrons. The fourth-order valence-electron chi connectivity index (χ4n) is 4.22. The van der Waals surface area contributed by atoms with Gasteiger partial charge in [0.25, 0.3) is 11.6 Å². The lowest BCUT2D eigenvalue weighted by molar-refractivity contribution is -0.384. The minimum absolute atomic E-state index is 0.0572. The molecule has 1 fully saturated rings. The number of amides is 3. The predicted molar refractivity (Wildman–Crippen MR) is 134 cm³/mol. The van der Waals surface area contributed by atoms with Crippen LogP contribution in [0.25, 0.3) is 0 Å². The second-order valence-electron chi connectivity index (χ2n) is 8.80. The van der Waals surface area contributed by atoms with Gasteiger partial charge < -0.3 is 20.9 Å². The topological polar surface area (TPSA) is 117 Å². The zero-order chi connectivity index (χ0) is 24.4. The van der Waals surface area contributed by atoms with Crippen molar-refractivity contribution < 1.29 is 14.5 Å². The van der Waals surface area contributed by atoms with Gasteiger partial charge in [0, 0.05) is 48.3 Å². The fourth-order valence-corrected chi connectivity index (χ4v) is 4.22. The first-order valence-corrected chi connectivity index (χ1v) is 11.6. The number of non-ortho nitro benzene ring substituents is 1. The van der Waals surface area contributed by atoms with Crippen molar-refractivity contribution in [1.29, 1.82) is 0 Å². The Morgan fingerprint density at radius 1 is 0.914 bits per heavy atom. The molecule has 1 heterocycles. The summed E-state index contributed by atoms with van der Waals surface area (Å²) in [5, 5.41) is 19.3. The largest absolute Gasteiger partial charge is 0.366 e. The molecule has 1 saturated carbocycles. The number of nitrogens with one attached hydrogen (secondary N) is 3. The molecule has 2 aliphatic rings. The van der Waals surface area contributed by atoms with Crippen LogP contribution in [-0.2, 0) is 13.0 Å². The normalized spacial score (nSPS) is 14.6. The molecule has 9 heteroatoms. The lowest BCUT2D eigenvalue weighted by Gasteiger charge is -2.32. The highest BCUT2D eigenvalue weighted by molar-refractivity contribution is 6.04. The summed E-state index contributed by atoms with van der Waals surface area (Å²) in [5.74, 6) is -0.152. The van der Waals surface area contributed by atoms with Crippen LogP contribution in [0.1, 0.15) is 34.3 Å². The summed E-state index contributed by atoms with van der Waals surface area (Å²) in [7, 11) is 0. The van der Waals surface area contributed by atoms with E-state index in [0.717, 1.165) is 31.5 Å². The number of nitrogens with zero attached hydrogens (tertiary/aromatic N) is 2. The van der Waals surface area contributed by atoms with E-state index in [1.165, 1.54) is 35.4 Å². The maximum absolute atomic E-state index is 13.1. The molecule has 0 saturated heterocycles. The molecule has 3 aromatic carbocycles. The van der Waals surface area contributed by atoms with Crippen molar-refractivity contribution in [2.24, 2.45) is 0 Å². The first kappa shape index (κ1) is 22.4. The number of fused-ring (bicyclic) bond motifs is 1. The third-order valence-corrected chi connectivity index (χ3v) is 6.22. The van der Waals surface area contributed by atoms with Gasteiger partial charge in [0.05, 0.1) is 10.5 Å². The molecule has 0 aromatic heterocycles. The van der Waals surface area contributed by atoms with E-state index in [-0.39, 0.29) is 17.6 Å². The number of rotatable bonds is 6. The number of hydrogen-bond acceptors (Lipinski definition) is 5. The lowest BCUT2D eigenvalue weighted by atomic mass is 9.98. The van der Waals surface area contributed by atoms with Gasteiger partial charge in [-0.1, -0.05) is 24.3 Å². The Labute approximate surface area is 202 Å². The molecule has 1 aliphatic heterocycles. The molecular formula is C26H25N5O4. The van der Waals surface area contributed by atoms with Crippen LogP contribution in [0.5, 0.6) is 0 Å². The second kappa shape index (κ2) is 9.46. The average Bonchev–Trinajstić information content (AvgIpc) is 3.68. The number of urea groups is 1. The maximum atomic E-state index is 13.1. The van der Waals surface area contributed by atoms with Crippen molar-refractivity contribution in [3.05, 3.63) is 93.5 Å². The summed E-state index contributed by atoms with van der Waals surface area (Å²) < 4.78 is 0. The van der Waals surface area contributed by atoms with E-state index in [0.29, 0.717) is 23.5 Å². The Bertz CT molecular complexity index is 1290. The maximum Gasteiger partial charge on any atom is 0.323 e. The van der Waals surface area contributed by atoms with Crippen molar-refractivity contribution in [3.8, 4) is 0 Å². The first-order valence-electron chi connectivity index (χ1n) is 11.6. The smallest absolute Gasteiger partial charge is 0.323 e. The number of nitro benzene ring substituents is 1. The van der Waals surface area contributed by atoms with Gasteiger partial charge in [-0.05, 0) is 60.7 Å². The third kappa shape index (κ3) is 5.24. The summed E-state index contributed by atoms with van der Waals surface area (Å²) in [6, 6.07) is 18.9. The monoisotopic (exact) mass is 471 g/mol. The summed E-state index contributed by atoms with van der Waals surface area (Å²) in [4.78, 5) is 38.1. The summed E-state index contributed by atoms with van der Waals surface area (Å²) >= 11 is 0. The number of hydrogen-bond donors (Lipinski definition) is 3. The Balaban J connectivity index is 1.34. The number of benzene rings is 3. The van der Waals surface area contributed by atoms with Crippen LogP contribution in [0.4, 0.5) is 27.5 Å². The minimum Gasteiger partial charge on any atom is -0.366 e. The van der Waals surface area contributed by atoms with Crippen LogP contribution in [0, 0.1) is 10.1 Å². The van der Waals surface area contributed by atoms with Crippen LogP contribution < -0.4 is 20.9 Å². The minimum atomic E-state index is -0.507. The molecule has 0 bridgehead atoms. The van der Waals surface area contributed by atoms with E-state index in [4.69, 9.17) is 0 Å². The number of nitro groups is 1. The molecule has 3 N–H and O–H groups in total. The molecular weight excluding hydrogens is 446 g/mol.